The number of likely N-dealkylation sites (N-methyl/N-ethyl adjacent to an activating group) is 1. The molecule has 0 saturated carbocycles. The molecule has 0 unspecified atom stereocenters. The lowest BCUT2D eigenvalue weighted by Crippen LogP contribution is -2.09. The summed E-state index contributed by atoms with van der Waals surface area (Å²) in [5.41, 5.74) is 7.81. The lowest BCUT2D eigenvalue weighted by molar-refractivity contribution is 0.604. The Kier molecular flexibility index (Phi) is 2.84. The smallest absolute Gasteiger partial charge is 0.201 e. The van der Waals surface area contributed by atoms with Crippen molar-refractivity contribution in [3.8, 4) is 0 Å². The Hall–Kier alpha value is -1.17. The Bertz CT molecular complexity index is 547. The molecule has 86 valence electrons. The number of nitrogens with two attached hydrogens (primary N) is 1. The monoisotopic (exact) mass is 238 g/mol. The van der Waals surface area contributed by atoms with E-state index in [9.17, 15) is 8.42 Å². The van der Waals surface area contributed by atoms with Gasteiger partial charge in [0.1, 0.15) is 0 Å². The van der Waals surface area contributed by atoms with Gasteiger partial charge in [-0.1, -0.05) is 18.2 Å². The molecule has 5 heteroatoms. The van der Waals surface area contributed by atoms with Gasteiger partial charge in [0.15, 0.2) is 0 Å². The fourth-order valence-corrected chi connectivity index (χ4v) is 3.70. The molecule has 0 radical (unpaired) electrons. The van der Waals surface area contributed by atoms with Crippen LogP contribution in [0.2, 0.25) is 0 Å². The molecular weight excluding hydrogens is 224 g/mol. The van der Waals surface area contributed by atoms with Crippen molar-refractivity contribution in [3.05, 3.63) is 34.7 Å². The van der Waals surface area contributed by atoms with Gasteiger partial charge >= 0.3 is 0 Å². The molecule has 0 atom stereocenters. The molecule has 16 heavy (non-hydrogen) atoms. The van der Waals surface area contributed by atoms with Gasteiger partial charge in [0.25, 0.3) is 0 Å². The Morgan fingerprint density at radius 1 is 1.38 bits per heavy atom. The van der Waals surface area contributed by atoms with Crippen molar-refractivity contribution in [2.45, 2.75) is 11.4 Å². The van der Waals surface area contributed by atoms with Gasteiger partial charge < -0.3 is 11.1 Å². The van der Waals surface area contributed by atoms with Crippen molar-refractivity contribution in [2.24, 2.45) is 5.73 Å². The maximum Gasteiger partial charge on any atom is 0.201 e. The highest BCUT2D eigenvalue weighted by Gasteiger charge is 2.28. The van der Waals surface area contributed by atoms with E-state index in [4.69, 9.17) is 5.73 Å². The summed E-state index contributed by atoms with van der Waals surface area (Å²) in [7, 11) is -1.51. The standard InChI is InChI=1S/C11H14N2O2S/c1-13-6-9-7-16(14,15)11-8(5-12)3-2-4-10(9)11/h2-4,7,13H,5-6,12H2,1H3. The third kappa shape index (κ3) is 1.67. The highest BCUT2D eigenvalue weighted by atomic mass is 32.2. The van der Waals surface area contributed by atoms with Gasteiger partial charge in [-0.2, -0.15) is 0 Å². The number of nitrogens with one attached hydrogen (secondary N) is 1. The molecule has 4 nitrogen and oxygen atoms in total. The number of sulfone groups is 1. The molecule has 1 aliphatic heterocycles. The van der Waals surface area contributed by atoms with Crippen LogP contribution < -0.4 is 11.1 Å². The number of benzene rings is 1. The first-order valence-corrected chi connectivity index (χ1v) is 6.57. The average molecular weight is 238 g/mol. The Labute approximate surface area is 95.1 Å². The largest absolute Gasteiger partial charge is 0.326 e. The minimum Gasteiger partial charge on any atom is -0.326 e. The fraction of sp³-hybridized carbons (Fsp3) is 0.273. The van der Waals surface area contributed by atoms with Crippen LogP contribution in [-0.4, -0.2) is 22.0 Å². The molecule has 1 heterocycles. The van der Waals surface area contributed by atoms with E-state index >= 15 is 0 Å². The zero-order valence-corrected chi connectivity index (χ0v) is 9.84. The second-order valence-electron chi connectivity index (χ2n) is 3.72. The van der Waals surface area contributed by atoms with Gasteiger partial charge in [0, 0.05) is 18.5 Å². The maximum atomic E-state index is 12.0. The number of hydrogen-bond donors (Lipinski definition) is 2. The van der Waals surface area contributed by atoms with Crippen LogP contribution in [0.3, 0.4) is 0 Å². The van der Waals surface area contributed by atoms with E-state index in [1.54, 1.807) is 13.1 Å². The summed E-state index contributed by atoms with van der Waals surface area (Å²) < 4.78 is 23.9. The van der Waals surface area contributed by atoms with E-state index in [0.29, 0.717) is 17.0 Å². The lowest BCUT2D eigenvalue weighted by atomic mass is 10.0. The van der Waals surface area contributed by atoms with Crippen molar-refractivity contribution in [1.82, 2.24) is 5.32 Å². The maximum absolute atomic E-state index is 12.0. The molecule has 0 spiro atoms. The average Bonchev–Trinajstić information content (AvgIpc) is 2.52. The molecule has 2 rings (SSSR count). The van der Waals surface area contributed by atoms with Crippen LogP contribution in [0.4, 0.5) is 0 Å². The van der Waals surface area contributed by atoms with E-state index in [-0.39, 0.29) is 6.54 Å². The molecule has 0 fully saturated rings. The highest BCUT2D eigenvalue weighted by molar-refractivity contribution is 7.95. The molecule has 0 aliphatic carbocycles. The van der Waals surface area contributed by atoms with Crippen molar-refractivity contribution in [3.63, 3.8) is 0 Å². The summed E-state index contributed by atoms with van der Waals surface area (Å²) in [4.78, 5) is 0.378. The molecule has 0 aromatic heterocycles. The van der Waals surface area contributed by atoms with Crippen molar-refractivity contribution in [1.29, 1.82) is 0 Å². The quantitative estimate of drug-likeness (QED) is 0.804. The van der Waals surface area contributed by atoms with Crippen LogP contribution in [0, 0.1) is 0 Å². The number of rotatable bonds is 3. The van der Waals surface area contributed by atoms with Gasteiger partial charge in [0.05, 0.1) is 4.90 Å². The van der Waals surface area contributed by atoms with Gasteiger partial charge in [-0.05, 0) is 23.7 Å². The zero-order valence-electron chi connectivity index (χ0n) is 9.03. The first kappa shape index (κ1) is 11.3. The van der Waals surface area contributed by atoms with E-state index in [0.717, 1.165) is 11.1 Å². The van der Waals surface area contributed by atoms with Crippen LogP contribution in [0.15, 0.2) is 28.5 Å². The van der Waals surface area contributed by atoms with E-state index in [1.165, 1.54) is 5.41 Å². The Morgan fingerprint density at radius 3 is 2.75 bits per heavy atom. The van der Waals surface area contributed by atoms with Crippen molar-refractivity contribution >= 4 is 15.4 Å². The van der Waals surface area contributed by atoms with E-state index in [2.05, 4.69) is 5.32 Å². The summed E-state index contributed by atoms with van der Waals surface area (Å²) in [6.07, 6.45) is 0. The predicted octanol–water partition coefficient (Wildman–Crippen LogP) is 0.493. The van der Waals surface area contributed by atoms with Gasteiger partial charge in [-0.25, -0.2) is 8.42 Å². The van der Waals surface area contributed by atoms with Crippen LogP contribution >= 0.6 is 0 Å². The summed E-state index contributed by atoms with van der Waals surface area (Å²) in [6, 6.07) is 5.42. The fourth-order valence-electron chi connectivity index (χ4n) is 1.97. The summed E-state index contributed by atoms with van der Waals surface area (Å²) in [6.45, 7) is 0.781. The highest BCUT2D eigenvalue weighted by Crippen LogP contribution is 2.35. The van der Waals surface area contributed by atoms with Gasteiger partial charge in [-0.3, -0.25) is 0 Å². The van der Waals surface area contributed by atoms with Crippen molar-refractivity contribution in [2.75, 3.05) is 13.6 Å². The molecule has 3 N–H and O–H groups in total. The number of fused-ring (bicyclic) bond motifs is 1. The van der Waals surface area contributed by atoms with Gasteiger partial charge in [0.2, 0.25) is 9.84 Å². The van der Waals surface area contributed by atoms with Crippen LogP contribution in [0.5, 0.6) is 0 Å². The van der Waals surface area contributed by atoms with Crippen molar-refractivity contribution < 1.29 is 8.42 Å². The first-order chi connectivity index (χ1) is 7.60. The van der Waals surface area contributed by atoms with Crippen LogP contribution in [0.25, 0.3) is 5.57 Å². The Morgan fingerprint density at radius 2 is 2.12 bits per heavy atom. The minimum atomic E-state index is -3.30. The normalized spacial score (nSPS) is 17.0. The lowest BCUT2D eigenvalue weighted by Gasteiger charge is -2.07. The SMILES string of the molecule is CNCC1=CS(=O)(=O)c2c(CN)cccc21. The Balaban J connectivity index is 2.66. The summed E-state index contributed by atoms with van der Waals surface area (Å²) >= 11 is 0. The topological polar surface area (TPSA) is 72.2 Å². The predicted molar refractivity (Wildman–Crippen MR) is 63.4 cm³/mol. The number of hydrogen-bond acceptors (Lipinski definition) is 4. The van der Waals surface area contributed by atoms with E-state index < -0.39 is 9.84 Å². The van der Waals surface area contributed by atoms with Gasteiger partial charge in [-0.15, -0.1) is 0 Å². The first-order valence-electron chi connectivity index (χ1n) is 5.02. The minimum absolute atomic E-state index is 0.239. The molecule has 1 aromatic rings. The second kappa shape index (κ2) is 4.01. The molecule has 1 aromatic carbocycles. The third-order valence-corrected chi connectivity index (χ3v) is 4.26. The van der Waals surface area contributed by atoms with Crippen LogP contribution in [-0.2, 0) is 16.4 Å². The molecule has 1 aliphatic rings. The molecule has 0 amide bonds. The molecular formula is C11H14N2O2S. The van der Waals surface area contributed by atoms with E-state index in [1.807, 2.05) is 12.1 Å². The zero-order chi connectivity index (χ0) is 11.8. The molecule has 0 bridgehead atoms. The van der Waals surface area contributed by atoms with Crippen LogP contribution in [0.1, 0.15) is 11.1 Å². The molecule has 0 saturated heterocycles. The second-order valence-corrected chi connectivity index (χ2v) is 5.45. The third-order valence-electron chi connectivity index (χ3n) is 2.61. The summed E-state index contributed by atoms with van der Waals surface area (Å²) in [5.74, 6) is 0. The summed E-state index contributed by atoms with van der Waals surface area (Å²) in [5, 5.41) is 4.29.